The number of amides is 3. The molecule has 0 radical (unpaired) electrons. The monoisotopic (exact) mass is 385 g/mol. The van der Waals surface area contributed by atoms with Crippen molar-refractivity contribution in [3.05, 3.63) is 71.0 Å². The third-order valence-corrected chi connectivity index (χ3v) is 4.14. The molecular weight excluding hydrogens is 361 g/mol. The van der Waals surface area contributed by atoms with Crippen LogP contribution in [0.1, 0.15) is 46.5 Å². The van der Waals surface area contributed by atoms with Crippen molar-refractivity contribution in [3.8, 4) is 0 Å². The van der Waals surface area contributed by atoms with E-state index in [0.29, 0.717) is 12.0 Å². The van der Waals surface area contributed by atoms with Crippen LogP contribution in [-0.2, 0) is 4.79 Å². The third-order valence-electron chi connectivity index (χ3n) is 4.14. The summed E-state index contributed by atoms with van der Waals surface area (Å²) in [5, 5.41) is 2.70. The quantitative estimate of drug-likeness (QED) is 0.668. The van der Waals surface area contributed by atoms with Gasteiger partial charge in [0.15, 0.2) is 0 Å². The number of carbonyl (C=O) groups excluding carboxylic acids is 3. The van der Waals surface area contributed by atoms with Gasteiger partial charge in [-0.3, -0.25) is 25.2 Å². The summed E-state index contributed by atoms with van der Waals surface area (Å²) in [5.74, 6) is -2.31. The van der Waals surface area contributed by atoms with Crippen LogP contribution in [0.25, 0.3) is 0 Å². The maximum atomic E-state index is 13.7. The first kappa shape index (κ1) is 21.1. The van der Waals surface area contributed by atoms with Crippen LogP contribution in [0.5, 0.6) is 0 Å². The average molecular weight is 385 g/mol. The van der Waals surface area contributed by atoms with Crippen molar-refractivity contribution in [2.75, 3.05) is 0 Å². The van der Waals surface area contributed by atoms with E-state index in [9.17, 15) is 18.8 Å². The number of nitrogens with one attached hydrogen (secondary N) is 3. The van der Waals surface area contributed by atoms with Crippen LogP contribution < -0.4 is 16.2 Å². The molecule has 7 heteroatoms. The topological polar surface area (TPSA) is 87.3 Å². The van der Waals surface area contributed by atoms with Crippen LogP contribution in [0.2, 0.25) is 0 Å². The zero-order chi connectivity index (χ0) is 20.7. The first-order valence-electron chi connectivity index (χ1n) is 9.00. The Morgan fingerprint density at radius 2 is 1.50 bits per heavy atom. The average Bonchev–Trinajstić information content (AvgIpc) is 2.65. The molecule has 0 aliphatic heterocycles. The van der Waals surface area contributed by atoms with Crippen molar-refractivity contribution in [3.63, 3.8) is 0 Å². The Labute approximate surface area is 163 Å². The molecule has 148 valence electrons. The highest BCUT2D eigenvalue weighted by Gasteiger charge is 2.24. The number of aryl methyl sites for hydroxylation is 1. The summed E-state index contributed by atoms with van der Waals surface area (Å²) in [6.45, 7) is 5.64. The summed E-state index contributed by atoms with van der Waals surface area (Å²) in [6, 6.07) is 11.6. The maximum Gasteiger partial charge on any atom is 0.272 e. The lowest BCUT2D eigenvalue weighted by Crippen LogP contribution is -2.52. The first-order valence-corrected chi connectivity index (χ1v) is 9.00. The van der Waals surface area contributed by atoms with Gasteiger partial charge in [0, 0.05) is 5.56 Å². The number of halogens is 1. The largest absolute Gasteiger partial charge is 0.340 e. The van der Waals surface area contributed by atoms with Gasteiger partial charge in [-0.1, -0.05) is 44.2 Å². The van der Waals surface area contributed by atoms with Crippen molar-refractivity contribution >= 4 is 17.7 Å². The predicted octanol–water partition coefficient (Wildman–Crippen LogP) is 2.74. The minimum absolute atomic E-state index is 0.121. The molecule has 2 aromatic rings. The number of hydrogen-bond donors (Lipinski definition) is 3. The van der Waals surface area contributed by atoms with E-state index in [-0.39, 0.29) is 17.4 Å². The van der Waals surface area contributed by atoms with Gasteiger partial charge in [0.2, 0.25) is 0 Å². The van der Waals surface area contributed by atoms with Crippen molar-refractivity contribution in [2.45, 2.75) is 33.2 Å². The van der Waals surface area contributed by atoms with E-state index in [0.717, 1.165) is 11.6 Å². The molecule has 0 saturated carbocycles. The zero-order valence-corrected chi connectivity index (χ0v) is 16.1. The van der Waals surface area contributed by atoms with Crippen LogP contribution in [0.4, 0.5) is 4.39 Å². The van der Waals surface area contributed by atoms with E-state index >= 15 is 0 Å². The summed E-state index contributed by atoms with van der Waals surface area (Å²) >= 11 is 0. The molecule has 2 rings (SSSR count). The van der Waals surface area contributed by atoms with Gasteiger partial charge in [0.1, 0.15) is 11.9 Å². The number of benzene rings is 2. The molecule has 3 amide bonds. The van der Waals surface area contributed by atoms with Crippen LogP contribution in [0.15, 0.2) is 48.5 Å². The Hall–Kier alpha value is -3.22. The molecule has 6 nitrogen and oxygen atoms in total. The van der Waals surface area contributed by atoms with E-state index in [2.05, 4.69) is 16.2 Å². The number of hydrogen-bond acceptors (Lipinski definition) is 3. The second-order valence-electron chi connectivity index (χ2n) is 6.89. The van der Waals surface area contributed by atoms with Crippen LogP contribution in [0, 0.1) is 18.7 Å². The molecular formula is C21H24FN3O3. The van der Waals surface area contributed by atoms with Crippen LogP contribution in [0.3, 0.4) is 0 Å². The van der Waals surface area contributed by atoms with Gasteiger partial charge in [0.25, 0.3) is 17.7 Å². The smallest absolute Gasteiger partial charge is 0.272 e. The third kappa shape index (κ3) is 5.64. The van der Waals surface area contributed by atoms with Crippen molar-refractivity contribution in [2.24, 2.45) is 5.92 Å². The number of carbonyl (C=O) groups is 3. The SMILES string of the molecule is Cc1ccccc1C(=O)N[C@@H](CC(C)C)C(=O)NNC(=O)c1ccccc1F. The van der Waals surface area contributed by atoms with Crippen molar-refractivity contribution in [1.29, 1.82) is 0 Å². The Bertz CT molecular complexity index is 867. The van der Waals surface area contributed by atoms with Gasteiger partial charge in [-0.15, -0.1) is 0 Å². The fourth-order valence-corrected chi connectivity index (χ4v) is 2.68. The highest BCUT2D eigenvalue weighted by atomic mass is 19.1. The maximum absolute atomic E-state index is 13.7. The first-order chi connectivity index (χ1) is 13.3. The minimum Gasteiger partial charge on any atom is -0.340 e. The van der Waals surface area contributed by atoms with Crippen LogP contribution in [-0.4, -0.2) is 23.8 Å². The molecule has 0 spiro atoms. The molecule has 28 heavy (non-hydrogen) atoms. The molecule has 0 fully saturated rings. The van der Waals surface area contributed by atoms with E-state index < -0.39 is 23.7 Å². The van der Waals surface area contributed by atoms with Crippen molar-refractivity contribution < 1.29 is 18.8 Å². The Morgan fingerprint density at radius 3 is 2.11 bits per heavy atom. The standard InChI is InChI=1S/C21H24FN3O3/c1-13(2)12-18(23-19(26)15-9-5-4-8-14(15)3)21(28)25-24-20(27)16-10-6-7-11-17(16)22/h4-11,13,18H,12H2,1-3H3,(H,23,26)(H,24,27)(H,25,28)/t18-/m0/s1. The molecule has 0 aromatic heterocycles. The van der Waals surface area contributed by atoms with Gasteiger partial charge in [-0.05, 0) is 43.0 Å². The molecule has 0 heterocycles. The lowest BCUT2D eigenvalue weighted by molar-refractivity contribution is -0.124. The van der Waals surface area contributed by atoms with Gasteiger partial charge in [-0.2, -0.15) is 0 Å². The summed E-state index contributed by atoms with van der Waals surface area (Å²) in [6.07, 6.45) is 0.374. The van der Waals surface area contributed by atoms with E-state index in [1.807, 2.05) is 19.9 Å². The molecule has 1 atom stereocenters. The number of hydrazine groups is 1. The van der Waals surface area contributed by atoms with Gasteiger partial charge < -0.3 is 5.32 Å². The van der Waals surface area contributed by atoms with Gasteiger partial charge in [0.05, 0.1) is 5.56 Å². The van der Waals surface area contributed by atoms with Gasteiger partial charge in [-0.25, -0.2) is 4.39 Å². The van der Waals surface area contributed by atoms with E-state index in [1.165, 1.54) is 18.2 Å². The van der Waals surface area contributed by atoms with E-state index in [4.69, 9.17) is 0 Å². The molecule has 3 N–H and O–H groups in total. The number of rotatable bonds is 6. The second kappa shape index (κ2) is 9.64. The normalized spacial score (nSPS) is 11.6. The molecule has 0 unspecified atom stereocenters. The molecule has 0 aliphatic rings. The zero-order valence-electron chi connectivity index (χ0n) is 16.1. The summed E-state index contributed by atoms with van der Waals surface area (Å²) < 4.78 is 13.7. The molecule has 0 bridgehead atoms. The lowest BCUT2D eigenvalue weighted by atomic mass is 10.0. The molecule has 2 aromatic carbocycles. The molecule has 0 saturated heterocycles. The van der Waals surface area contributed by atoms with Crippen molar-refractivity contribution in [1.82, 2.24) is 16.2 Å². The predicted molar refractivity (Wildman–Crippen MR) is 104 cm³/mol. The fourth-order valence-electron chi connectivity index (χ4n) is 2.68. The Balaban J connectivity index is 2.04. The van der Waals surface area contributed by atoms with Crippen LogP contribution >= 0.6 is 0 Å². The van der Waals surface area contributed by atoms with E-state index in [1.54, 1.807) is 25.1 Å². The Kier molecular flexibility index (Phi) is 7.26. The molecule has 0 aliphatic carbocycles. The minimum atomic E-state index is -0.854. The second-order valence-corrected chi connectivity index (χ2v) is 6.89. The highest BCUT2D eigenvalue weighted by Crippen LogP contribution is 2.10. The highest BCUT2D eigenvalue weighted by molar-refractivity contribution is 5.99. The Morgan fingerprint density at radius 1 is 0.893 bits per heavy atom. The van der Waals surface area contributed by atoms with Gasteiger partial charge >= 0.3 is 0 Å². The summed E-state index contributed by atoms with van der Waals surface area (Å²) in [7, 11) is 0. The summed E-state index contributed by atoms with van der Waals surface area (Å²) in [4.78, 5) is 37.1. The summed E-state index contributed by atoms with van der Waals surface area (Å²) in [5.41, 5.74) is 5.53. The lowest BCUT2D eigenvalue weighted by Gasteiger charge is -2.21. The fraction of sp³-hybridized carbons (Fsp3) is 0.286.